The Kier molecular flexibility index (Phi) is 5.14. The molecule has 0 aliphatic heterocycles. The fraction of sp³-hybridized carbons (Fsp3) is 0.136. The molecule has 4 aromatic rings. The van der Waals surface area contributed by atoms with Crippen LogP contribution < -0.4 is 0 Å². The molecule has 144 valence electrons. The van der Waals surface area contributed by atoms with Crippen LogP contribution in [0, 0.1) is 18.3 Å². The van der Waals surface area contributed by atoms with E-state index in [1.54, 1.807) is 10.8 Å². The van der Waals surface area contributed by atoms with E-state index < -0.39 is 0 Å². The average Bonchev–Trinajstić information content (AvgIpc) is 3.19. The predicted molar refractivity (Wildman–Crippen MR) is 117 cm³/mol. The minimum Gasteiger partial charge on any atom is -0.327 e. The number of halogens is 2. The van der Waals surface area contributed by atoms with Gasteiger partial charge in [-0.05, 0) is 42.8 Å². The molecule has 0 aliphatic carbocycles. The lowest BCUT2D eigenvalue weighted by Crippen LogP contribution is -2.01. The molecule has 2 heterocycles. The Labute approximate surface area is 178 Å². The molecule has 29 heavy (non-hydrogen) atoms. The summed E-state index contributed by atoms with van der Waals surface area (Å²) in [5.41, 5.74) is 4.72. The summed E-state index contributed by atoms with van der Waals surface area (Å²) in [7, 11) is 1.90. The first kappa shape index (κ1) is 19.3. The molecule has 0 unspecified atom stereocenters. The topological polar surface area (TPSA) is 59.4 Å². The first-order valence-corrected chi connectivity index (χ1v) is 9.74. The molecule has 0 N–H and O–H groups in total. The molecule has 5 nitrogen and oxygen atoms in total. The third-order valence-electron chi connectivity index (χ3n) is 4.79. The number of para-hydroxylation sites is 2. The number of imidazole rings is 1. The van der Waals surface area contributed by atoms with Crippen LogP contribution in [0.5, 0.6) is 0 Å². The van der Waals surface area contributed by atoms with Gasteiger partial charge in [0.25, 0.3) is 0 Å². The predicted octanol–water partition coefficient (Wildman–Crippen LogP) is 5.50. The van der Waals surface area contributed by atoms with Crippen LogP contribution >= 0.6 is 23.2 Å². The third kappa shape index (κ3) is 3.65. The van der Waals surface area contributed by atoms with Crippen molar-refractivity contribution in [3.63, 3.8) is 0 Å². The molecule has 0 saturated heterocycles. The van der Waals surface area contributed by atoms with Crippen LogP contribution in [-0.4, -0.2) is 19.3 Å². The van der Waals surface area contributed by atoms with Gasteiger partial charge in [0.05, 0.1) is 28.8 Å². The second-order valence-electron chi connectivity index (χ2n) is 6.73. The first-order chi connectivity index (χ1) is 14.0. The number of fused-ring (bicyclic) bond motifs is 1. The Morgan fingerprint density at radius 3 is 2.55 bits per heavy atom. The zero-order valence-corrected chi connectivity index (χ0v) is 17.4. The number of hydrogen-bond acceptors (Lipinski definition) is 3. The van der Waals surface area contributed by atoms with Gasteiger partial charge in [0, 0.05) is 17.6 Å². The summed E-state index contributed by atoms with van der Waals surface area (Å²) in [4.78, 5) is 4.61. The van der Waals surface area contributed by atoms with E-state index in [2.05, 4.69) is 16.2 Å². The molecule has 0 aliphatic rings. The maximum absolute atomic E-state index is 9.79. The van der Waals surface area contributed by atoms with Crippen molar-refractivity contribution < 1.29 is 0 Å². The van der Waals surface area contributed by atoms with Crippen molar-refractivity contribution in [2.45, 2.75) is 13.5 Å². The summed E-state index contributed by atoms with van der Waals surface area (Å²) in [6.07, 6.45) is 1.75. The molecule has 4 rings (SSSR count). The highest BCUT2D eigenvalue weighted by molar-refractivity contribution is 6.31. The largest absolute Gasteiger partial charge is 0.327 e. The molecule has 0 saturated carbocycles. The summed E-state index contributed by atoms with van der Waals surface area (Å²) in [5, 5.41) is 15.5. The van der Waals surface area contributed by atoms with E-state index in [-0.39, 0.29) is 0 Å². The lowest BCUT2D eigenvalue weighted by molar-refractivity contribution is 0.680. The molecular formula is C22H17Cl2N5. The van der Waals surface area contributed by atoms with Crippen LogP contribution in [-0.2, 0) is 13.6 Å². The SMILES string of the molecule is Cc1nn(Cc2ccc(Cl)cc2)c(Cl)c1/C=C(\C#N)c1nc2ccccc2n1C. The van der Waals surface area contributed by atoms with E-state index in [1.165, 1.54) is 0 Å². The smallest absolute Gasteiger partial charge is 0.151 e. The van der Waals surface area contributed by atoms with Gasteiger partial charge >= 0.3 is 0 Å². The molecule has 0 bridgehead atoms. The fourth-order valence-electron chi connectivity index (χ4n) is 3.28. The summed E-state index contributed by atoms with van der Waals surface area (Å²) in [5.74, 6) is 0.592. The van der Waals surface area contributed by atoms with Crippen molar-refractivity contribution in [3.8, 4) is 6.07 Å². The molecule has 7 heteroatoms. The van der Waals surface area contributed by atoms with E-state index >= 15 is 0 Å². The van der Waals surface area contributed by atoms with Gasteiger partial charge in [-0.15, -0.1) is 0 Å². The number of rotatable bonds is 4. The summed E-state index contributed by atoms with van der Waals surface area (Å²) in [6.45, 7) is 2.39. The van der Waals surface area contributed by atoms with E-state index in [0.29, 0.717) is 33.7 Å². The van der Waals surface area contributed by atoms with Crippen LogP contribution in [0.15, 0.2) is 48.5 Å². The number of benzene rings is 2. The number of allylic oxidation sites excluding steroid dienone is 1. The van der Waals surface area contributed by atoms with Gasteiger partial charge in [-0.2, -0.15) is 10.4 Å². The van der Waals surface area contributed by atoms with E-state index in [0.717, 1.165) is 22.3 Å². The highest BCUT2D eigenvalue weighted by Crippen LogP contribution is 2.27. The van der Waals surface area contributed by atoms with Gasteiger partial charge in [-0.1, -0.05) is 47.5 Å². The van der Waals surface area contributed by atoms with Gasteiger partial charge < -0.3 is 4.57 Å². The Hall–Kier alpha value is -3.07. The molecule has 2 aromatic carbocycles. The highest BCUT2D eigenvalue weighted by Gasteiger charge is 2.16. The summed E-state index contributed by atoms with van der Waals surface area (Å²) < 4.78 is 3.63. The molecular weight excluding hydrogens is 405 g/mol. The Morgan fingerprint density at radius 2 is 1.86 bits per heavy atom. The van der Waals surface area contributed by atoms with Gasteiger partial charge in [0.1, 0.15) is 11.2 Å². The standard InChI is InChI=1S/C22H17Cl2N5/c1-14-18(21(24)29(27-14)13-15-7-9-17(23)10-8-15)11-16(12-25)22-26-19-5-3-4-6-20(19)28(22)2/h3-11H,13H2,1-2H3/b16-11+. The first-order valence-electron chi connectivity index (χ1n) is 8.99. The van der Waals surface area contributed by atoms with Crippen molar-refractivity contribution in [2.75, 3.05) is 0 Å². The van der Waals surface area contributed by atoms with Crippen LogP contribution in [0.4, 0.5) is 0 Å². The number of hydrogen-bond donors (Lipinski definition) is 0. The zero-order chi connectivity index (χ0) is 20.5. The van der Waals surface area contributed by atoms with Crippen molar-refractivity contribution in [1.82, 2.24) is 19.3 Å². The molecule has 0 amide bonds. The highest BCUT2D eigenvalue weighted by atomic mass is 35.5. The van der Waals surface area contributed by atoms with Gasteiger partial charge in [-0.3, -0.25) is 0 Å². The molecule has 0 atom stereocenters. The number of nitriles is 1. The maximum Gasteiger partial charge on any atom is 0.151 e. The zero-order valence-electron chi connectivity index (χ0n) is 15.9. The van der Waals surface area contributed by atoms with Crippen LogP contribution in [0.1, 0.15) is 22.6 Å². The Balaban J connectivity index is 1.74. The van der Waals surface area contributed by atoms with Crippen LogP contribution in [0.3, 0.4) is 0 Å². The minimum atomic E-state index is 0.430. The van der Waals surface area contributed by atoms with Crippen molar-refractivity contribution in [1.29, 1.82) is 5.26 Å². The molecule has 0 radical (unpaired) electrons. The molecule has 2 aromatic heterocycles. The minimum absolute atomic E-state index is 0.430. The van der Waals surface area contributed by atoms with E-state index in [9.17, 15) is 5.26 Å². The van der Waals surface area contributed by atoms with Gasteiger partial charge in [0.15, 0.2) is 5.82 Å². The second kappa shape index (κ2) is 7.75. The lowest BCUT2D eigenvalue weighted by Gasteiger charge is -2.04. The average molecular weight is 422 g/mol. The Morgan fingerprint density at radius 1 is 1.14 bits per heavy atom. The molecule has 0 spiro atoms. The third-order valence-corrected chi connectivity index (χ3v) is 5.44. The Bertz CT molecular complexity index is 1270. The molecule has 0 fully saturated rings. The maximum atomic E-state index is 9.79. The summed E-state index contributed by atoms with van der Waals surface area (Å²) >= 11 is 12.6. The summed E-state index contributed by atoms with van der Waals surface area (Å²) in [6, 6.07) is 17.6. The van der Waals surface area contributed by atoms with Crippen molar-refractivity contribution >= 4 is 45.9 Å². The number of aryl methyl sites for hydroxylation is 2. The second-order valence-corrected chi connectivity index (χ2v) is 7.52. The van der Waals surface area contributed by atoms with Crippen LogP contribution in [0.25, 0.3) is 22.7 Å². The van der Waals surface area contributed by atoms with Crippen molar-refractivity contribution in [3.05, 3.63) is 81.4 Å². The van der Waals surface area contributed by atoms with Crippen LogP contribution in [0.2, 0.25) is 10.2 Å². The van der Waals surface area contributed by atoms with Gasteiger partial charge in [-0.25, -0.2) is 9.67 Å². The normalized spacial score (nSPS) is 11.8. The number of aromatic nitrogens is 4. The lowest BCUT2D eigenvalue weighted by atomic mass is 10.1. The van der Waals surface area contributed by atoms with E-state index in [1.807, 2.05) is 67.1 Å². The van der Waals surface area contributed by atoms with Gasteiger partial charge in [0.2, 0.25) is 0 Å². The van der Waals surface area contributed by atoms with Crippen molar-refractivity contribution in [2.24, 2.45) is 7.05 Å². The number of nitrogens with zero attached hydrogens (tertiary/aromatic N) is 5. The van der Waals surface area contributed by atoms with E-state index in [4.69, 9.17) is 23.2 Å². The fourth-order valence-corrected chi connectivity index (χ4v) is 3.69. The quantitative estimate of drug-likeness (QED) is 0.408. The monoisotopic (exact) mass is 421 g/mol.